The lowest BCUT2D eigenvalue weighted by molar-refractivity contribution is 0.0685. The molecule has 3 aromatic heterocycles. The molecule has 0 spiro atoms. The SMILES string of the molecule is Cc1ccc(-n2nc(C(C)(C)C)cc2NC(=O)Nc2cccc(CC3CCN(C(=O)c4ccc5cccnc5n4)CC3)c2)cc1. The molecular formula is C36H39N7O2. The van der Waals surface area contributed by atoms with E-state index in [4.69, 9.17) is 5.10 Å². The van der Waals surface area contributed by atoms with Gasteiger partial charge in [-0.3, -0.25) is 10.1 Å². The van der Waals surface area contributed by atoms with Gasteiger partial charge in [0.25, 0.3) is 5.91 Å². The van der Waals surface area contributed by atoms with Crippen LogP contribution in [0.1, 0.15) is 60.9 Å². The number of benzene rings is 2. The Morgan fingerprint density at radius 2 is 1.69 bits per heavy atom. The first kappa shape index (κ1) is 30.0. The van der Waals surface area contributed by atoms with Crippen LogP contribution in [-0.2, 0) is 11.8 Å². The van der Waals surface area contributed by atoms with Crippen LogP contribution in [0.4, 0.5) is 16.3 Å². The maximum Gasteiger partial charge on any atom is 0.324 e. The third-order valence-electron chi connectivity index (χ3n) is 8.29. The molecule has 2 aromatic carbocycles. The van der Waals surface area contributed by atoms with Crippen molar-refractivity contribution < 1.29 is 9.59 Å². The molecule has 4 heterocycles. The van der Waals surface area contributed by atoms with Gasteiger partial charge in [0, 0.05) is 41.8 Å². The zero-order valence-electron chi connectivity index (χ0n) is 26.2. The first-order chi connectivity index (χ1) is 21.6. The lowest BCUT2D eigenvalue weighted by Gasteiger charge is -2.32. The Morgan fingerprint density at radius 3 is 2.44 bits per heavy atom. The Hall–Kier alpha value is -5.05. The number of aromatic nitrogens is 4. The summed E-state index contributed by atoms with van der Waals surface area (Å²) in [5.74, 6) is 1.01. The largest absolute Gasteiger partial charge is 0.337 e. The minimum Gasteiger partial charge on any atom is -0.337 e. The van der Waals surface area contributed by atoms with Gasteiger partial charge in [-0.1, -0.05) is 50.6 Å². The van der Waals surface area contributed by atoms with Gasteiger partial charge in [-0.2, -0.15) is 5.10 Å². The summed E-state index contributed by atoms with van der Waals surface area (Å²) in [5.41, 5.74) is 5.66. The molecule has 1 aliphatic heterocycles. The number of rotatable bonds is 6. The molecule has 230 valence electrons. The summed E-state index contributed by atoms with van der Waals surface area (Å²) in [5, 5.41) is 11.7. The molecule has 0 saturated carbocycles. The van der Waals surface area contributed by atoms with Crippen LogP contribution in [0.25, 0.3) is 16.7 Å². The molecule has 2 N–H and O–H groups in total. The van der Waals surface area contributed by atoms with Crippen LogP contribution in [0.3, 0.4) is 0 Å². The molecular weight excluding hydrogens is 562 g/mol. The number of amides is 3. The molecule has 3 amide bonds. The molecule has 9 nitrogen and oxygen atoms in total. The maximum absolute atomic E-state index is 13.2. The van der Waals surface area contributed by atoms with Gasteiger partial charge >= 0.3 is 6.03 Å². The normalized spacial score (nSPS) is 14.0. The number of carbonyl (C=O) groups excluding carboxylic acids is 2. The van der Waals surface area contributed by atoms with Gasteiger partial charge in [0.2, 0.25) is 0 Å². The van der Waals surface area contributed by atoms with Gasteiger partial charge in [-0.05, 0) is 86.2 Å². The summed E-state index contributed by atoms with van der Waals surface area (Å²) in [6, 6.07) is 25.1. The fourth-order valence-electron chi connectivity index (χ4n) is 5.68. The second-order valence-electron chi connectivity index (χ2n) is 12.9. The number of anilines is 2. The number of pyridine rings is 2. The van der Waals surface area contributed by atoms with E-state index in [1.807, 2.05) is 78.6 Å². The lowest BCUT2D eigenvalue weighted by Crippen LogP contribution is -2.39. The standard InChI is InChI=1S/C36H39N7O2/c1-24-10-13-29(14-11-24)43-32(23-31(41-43)36(2,3)4)40-35(45)38-28-9-5-7-26(22-28)21-25-16-19-42(20-17-25)34(44)30-15-12-27-8-6-18-37-33(27)39-30/h5-15,18,22-23,25H,16-17,19-21H2,1-4H3,(H2,38,40,45). The van der Waals surface area contributed by atoms with Crippen molar-refractivity contribution in [2.45, 2.75) is 52.4 Å². The molecule has 0 radical (unpaired) electrons. The van der Waals surface area contributed by atoms with E-state index in [0.29, 0.717) is 36.2 Å². The summed E-state index contributed by atoms with van der Waals surface area (Å²) in [7, 11) is 0. The quantitative estimate of drug-likeness (QED) is 0.215. The average Bonchev–Trinajstić information content (AvgIpc) is 3.45. The highest BCUT2D eigenvalue weighted by Gasteiger charge is 2.25. The minimum absolute atomic E-state index is 0.0449. The number of carbonyl (C=O) groups is 2. The number of hydrogen-bond donors (Lipinski definition) is 2. The minimum atomic E-state index is -0.329. The number of nitrogens with zero attached hydrogens (tertiary/aromatic N) is 5. The van der Waals surface area contributed by atoms with E-state index in [2.05, 4.69) is 47.4 Å². The fraction of sp³-hybridized carbons (Fsp3) is 0.306. The van der Waals surface area contributed by atoms with E-state index in [-0.39, 0.29) is 17.4 Å². The van der Waals surface area contributed by atoms with E-state index < -0.39 is 0 Å². The van der Waals surface area contributed by atoms with Gasteiger partial charge < -0.3 is 10.2 Å². The summed E-state index contributed by atoms with van der Waals surface area (Å²) in [6.45, 7) is 9.73. The first-order valence-corrected chi connectivity index (χ1v) is 15.5. The highest BCUT2D eigenvalue weighted by molar-refractivity contribution is 5.99. The maximum atomic E-state index is 13.2. The van der Waals surface area contributed by atoms with E-state index in [9.17, 15) is 9.59 Å². The molecule has 0 bridgehead atoms. The number of urea groups is 1. The monoisotopic (exact) mass is 601 g/mol. The fourth-order valence-corrected chi connectivity index (χ4v) is 5.68. The van der Waals surface area contributed by atoms with Crippen LogP contribution in [0, 0.1) is 12.8 Å². The highest BCUT2D eigenvalue weighted by Crippen LogP contribution is 2.27. The van der Waals surface area contributed by atoms with Crippen LogP contribution in [0.5, 0.6) is 0 Å². The third kappa shape index (κ3) is 7.03. The van der Waals surface area contributed by atoms with Crippen molar-refractivity contribution in [3.05, 3.63) is 108 Å². The Kier molecular flexibility index (Phi) is 8.34. The zero-order valence-corrected chi connectivity index (χ0v) is 26.2. The van der Waals surface area contributed by atoms with Gasteiger partial charge in [0.15, 0.2) is 5.65 Å². The van der Waals surface area contributed by atoms with Gasteiger partial charge in [0.1, 0.15) is 11.5 Å². The van der Waals surface area contributed by atoms with Crippen molar-refractivity contribution >= 4 is 34.5 Å². The zero-order chi connectivity index (χ0) is 31.6. The molecule has 0 aliphatic carbocycles. The molecule has 6 rings (SSSR count). The second-order valence-corrected chi connectivity index (χ2v) is 12.9. The van der Waals surface area contributed by atoms with Gasteiger partial charge in [-0.25, -0.2) is 19.4 Å². The van der Waals surface area contributed by atoms with Crippen LogP contribution >= 0.6 is 0 Å². The highest BCUT2D eigenvalue weighted by atomic mass is 16.2. The molecule has 9 heteroatoms. The van der Waals surface area contributed by atoms with Crippen molar-refractivity contribution in [2.24, 2.45) is 5.92 Å². The van der Waals surface area contributed by atoms with Gasteiger partial charge in [-0.15, -0.1) is 0 Å². The van der Waals surface area contributed by atoms with Crippen molar-refractivity contribution in [3.8, 4) is 5.69 Å². The summed E-state index contributed by atoms with van der Waals surface area (Å²) >= 11 is 0. The molecule has 0 atom stereocenters. The number of fused-ring (bicyclic) bond motifs is 1. The van der Waals surface area contributed by atoms with Crippen molar-refractivity contribution in [2.75, 3.05) is 23.7 Å². The molecule has 5 aromatic rings. The Balaban J connectivity index is 1.06. The molecule has 1 fully saturated rings. The predicted octanol–water partition coefficient (Wildman–Crippen LogP) is 7.16. The number of piperidine rings is 1. The van der Waals surface area contributed by atoms with Crippen LogP contribution in [0.2, 0.25) is 0 Å². The average molecular weight is 602 g/mol. The molecule has 1 aliphatic rings. The van der Waals surface area contributed by atoms with E-state index in [1.54, 1.807) is 16.9 Å². The summed E-state index contributed by atoms with van der Waals surface area (Å²) in [4.78, 5) is 37.0. The van der Waals surface area contributed by atoms with E-state index in [1.165, 1.54) is 0 Å². The number of nitrogens with one attached hydrogen (secondary N) is 2. The molecule has 45 heavy (non-hydrogen) atoms. The van der Waals surface area contributed by atoms with E-state index >= 15 is 0 Å². The number of likely N-dealkylation sites (tertiary alicyclic amines) is 1. The number of hydrogen-bond acceptors (Lipinski definition) is 5. The lowest BCUT2D eigenvalue weighted by atomic mass is 9.90. The number of aryl methyl sites for hydroxylation is 1. The van der Waals surface area contributed by atoms with Crippen molar-refractivity contribution in [1.29, 1.82) is 0 Å². The topological polar surface area (TPSA) is 105 Å². The third-order valence-corrected chi connectivity index (χ3v) is 8.29. The first-order valence-electron chi connectivity index (χ1n) is 15.5. The van der Waals surface area contributed by atoms with Crippen molar-refractivity contribution in [3.63, 3.8) is 0 Å². The van der Waals surface area contributed by atoms with Crippen LogP contribution in [0.15, 0.2) is 85.1 Å². The second kappa shape index (κ2) is 12.5. The predicted molar refractivity (Wildman–Crippen MR) is 178 cm³/mol. The van der Waals surface area contributed by atoms with Gasteiger partial charge in [0.05, 0.1) is 11.4 Å². The van der Waals surface area contributed by atoms with Crippen LogP contribution in [-0.4, -0.2) is 49.7 Å². The Morgan fingerprint density at radius 1 is 0.911 bits per heavy atom. The Labute approximate surface area is 263 Å². The summed E-state index contributed by atoms with van der Waals surface area (Å²) in [6.07, 6.45) is 4.40. The smallest absolute Gasteiger partial charge is 0.324 e. The molecule has 0 unspecified atom stereocenters. The Bertz CT molecular complexity index is 1830. The van der Waals surface area contributed by atoms with Crippen molar-refractivity contribution in [1.82, 2.24) is 24.6 Å². The van der Waals surface area contributed by atoms with Crippen LogP contribution < -0.4 is 10.6 Å². The summed E-state index contributed by atoms with van der Waals surface area (Å²) < 4.78 is 1.78. The molecule has 1 saturated heterocycles. The van der Waals surface area contributed by atoms with E-state index in [0.717, 1.165) is 52.8 Å².